The predicted octanol–water partition coefficient (Wildman–Crippen LogP) is 4.63. The lowest BCUT2D eigenvalue weighted by Crippen LogP contribution is -2.16. The Kier molecular flexibility index (Phi) is 5.59. The molecular weight excluding hydrogens is 377 g/mol. The second kappa shape index (κ2) is 7.30. The van der Waals surface area contributed by atoms with Crippen molar-refractivity contribution in [3.8, 4) is 0 Å². The first-order valence-electron chi connectivity index (χ1n) is 7.56. The summed E-state index contributed by atoms with van der Waals surface area (Å²) < 4.78 is 20.8. The van der Waals surface area contributed by atoms with E-state index in [0.717, 1.165) is 17.5 Å². The fraction of sp³-hybridized carbons (Fsp3) is 0.333. The number of carbonyl (C=O) groups is 2. The van der Waals surface area contributed by atoms with Gasteiger partial charge in [-0.3, -0.25) is 4.79 Å². The molecule has 6 heteroatoms. The number of aryl methyl sites for hydroxylation is 1. The molecule has 0 bridgehead atoms. The number of carbonyl (C=O) groups excluding carboxylic acids is 2. The Morgan fingerprint density at radius 1 is 1.21 bits per heavy atom. The zero-order chi connectivity index (χ0) is 18.0. The fourth-order valence-corrected chi connectivity index (χ4v) is 3.20. The normalized spacial score (nSPS) is 11.0. The molecule has 4 nitrogen and oxygen atoms in total. The molecule has 1 aromatic heterocycles. The number of esters is 1. The van der Waals surface area contributed by atoms with E-state index in [1.165, 1.54) is 12.1 Å². The van der Waals surface area contributed by atoms with Crippen molar-refractivity contribution in [2.45, 2.75) is 33.7 Å². The summed E-state index contributed by atoms with van der Waals surface area (Å²) in [6.45, 7) is 7.49. The van der Waals surface area contributed by atoms with Gasteiger partial charge >= 0.3 is 5.97 Å². The van der Waals surface area contributed by atoms with Crippen LogP contribution in [0.1, 0.15) is 52.0 Å². The van der Waals surface area contributed by atoms with Gasteiger partial charge in [-0.2, -0.15) is 0 Å². The number of nitrogens with zero attached hydrogens (tertiary/aromatic N) is 1. The molecule has 0 radical (unpaired) electrons. The van der Waals surface area contributed by atoms with Gasteiger partial charge in [0.2, 0.25) is 5.78 Å². The van der Waals surface area contributed by atoms with E-state index in [9.17, 15) is 14.0 Å². The molecule has 2 rings (SSSR count). The van der Waals surface area contributed by atoms with Crippen molar-refractivity contribution < 1.29 is 18.7 Å². The SMILES string of the molecule is Cc1cc(C(=O)COC(=O)c2cc(F)ccc2Br)c(C)n1C(C)C. The highest BCUT2D eigenvalue weighted by atomic mass is 79.9. The molecule has 0 amide bonds. The monoisotopic (exact) mass is 395 g/mol. The van der Waals surface area contributed by atoms with Crippen molar-refractivity contribution in [2.24, 2.45) is 0 Å². The van der Waals surface area contributed by atoms with E-state index in [1.54, 1.807) is 6.07 Å². The summed E-state index contributed by atoms with van der Waals surface area (Å²) >= 11 is 3.17. The molecule has 24 heavy (non-hydrogen) atoms. The molecule has 1 heterocycles. The third kappa shape index (κ3) is 3.75. The van der Waals surface area contributed by atoms with Gasteiger partial charge in [0.25, 0.3) is 0 Å². The molecule has 1 aromatic carbocycles. The average Bonchev–Trinajstić information content (AvgIpc) is 2.81. The highest BCUT2D eigenvalue weighted by molar-refractivity contribution is 9.10. The summed E-state index contributed by atoms with van der Waals surface area (Å²) in [6.07, 6.45) is 0. The zero-order valence-corrected chi connectivity index (χ0v) is 15.6. The summed E-state index contributed by atoms with van der Waals surface area (Å²) in [6, 6.07) is 5.75. The molecule has 0 fully saturated rings. The summed E-state index contributed by atoms with van der Waals surface area (Å²) in [4.78, 5) is 24.4. The number of aromatic nitrogens is 1. The van der Waals surface area contributed by atoms with Gasteiger partial charge in [0, 0.05) is 27.5 Å². The lowest BCUT2D eigenvalue weighted by atomic mass is 10.1. The van der Waals surface area contributed by atoms with Crippen LogP contribution in [0.3, 0.4) is 0 Å². The van der Waals surface area contributed by atoms with Crippen LogP contribution >= 0.6 is 15.9 Å². The van der Waals surface area contributed by atoms with Crippen LogP contribution in [-0.2, 0) is 4.74 Å². The van der Waals surface area contributed by atoms with Crippen molar-refractivity contribution >= 4 is 27.7 Å². The van der Waals surface area contributed by atoms with Gasteiger partial charge < -0.3 is 9.30 Å². The molecular formula is C18H19BrFNO3. The van der Waals surface area contributed by atoms with Crippen molar-refractivity contribution in [1.82, 2.24) is 4.57 Å². The standard InChI is InChI=1S/C18H19BrFNO3/c1-10(2)21-11(3)7-14(12(21)4)17(22)9-24-18(23)15-8-13(20)5-6-16(15)19/h5-8,10H,9H2,1-4H3. The number of benzene rings is 1. The largest absolute Gasteiger partial charge is 0.454 e. The number of ketones is 1. The Morgan fingerprint density at radius 2 is 1.88 bits per heavy atom. The number of halogens is 2. The van der Waals surface area contributed by atoms with E-state index in [-0.39, 0.29) is 24.0 Å². The number of ether oxygens (including phenoxy) is 1. The molecule has 0 saturated carbocycles. The maximum atomic E-state index is 13.2. The van der Waals surface area contributed by atoms with Crippen LogP contribution in [0.4, 0.5) is 4.39 Å². The number of Topliss-reactive ketones (excluding diaryl/α,β-unsaturated/α-hetero) is 1. The van der Waals surface area contributed by atoms with Gasteiger partial charge in [0.05, 0.1) is 5.56 Å². The topological polar surface area (TPSA) is 48.3 Å². The summed E-state index contributed by atoms with van der Waals surface area (Å²) in [5.74, 6) is -1.57. The molecule has 0 N–H and O–H groups in total. The van der Waals surface area contributed by atoms with Crippen molar-refractivity contribution in [1.29, 1.82) is 0 Å². The lowest BCUT2D eigenvalue weighted by molar-refractivity contribution is 0.0473. The molecule has 0 spiro atoms. The van der Waals surface area contributed by atoms with Crippen LogP contribution in [0.5, 0.6) is 0 Å². The fourth-order valence-electron chi connectivity index (χ4n) is 2.79. The van der Waals surface area contributed by atoms with E-state index in [0.29, 0.717) is 10.0 Å². The minimum absolute atomic E-state index is 0.0513. The predicted molar refractivity (Wildman–Crippen MR) is 93.0 cm³/mol. The molecule has 0 aliphatic carbocycles. The van der Waals surface area contributed by atoms with Crippen LogP contribution in [0.2, 0.25) is 0 Å². The van der Waals surface area contributed by atoms with Crippen molar-refractivity contribution in [3.63, 3.8) is 0 Å². The van der Waals surface area contributed by atoms with Gasteiger partial charge in [0.1, 0.15) is 5.82 Å². The first-order valence-corrected chi connectivity index (χ1v) is 8.35. The number of hydrogen-bond donors (Lipinski definition) is 0. The highest BCUT2D eigenvalue weighted by Crippen LogP contribution is 2.22. The number of rotatable bonds is 5. The van der Waals surface area contributed by atoms with Crippen LogP contribution in [0.25, 0.3) is 0 Å². The molecule has 0 atom stereocenters. The Hall–Kier alpha value is -1.95. The van der Waals surface area contributed by atoms with Gasteiger partial charge in [-0.1, -0.05) is 0 Å². The zero-order valence-electron chi connectivity index (χ0n) is 14.0. The third-order valence-corrected chi connectivity index (χ3v) is 4.48. The lowest BCUT2D eigenvalue weighted by Gasteiger charge is -2.13. The molecule has 128 valence electrons. The highest BCUT2D eigenvalue weighted by Gasteiger charge is 2.20. The Morgan fingerprint density at radius 3 is 2.46 bits per heavy atom. The quantitative estimate of drug-likeness (QED) is 0.547. The van der Waals surface area contributed by atoms with E-state index in [2.05, 4.69) is 20.5 Å². The molecule has 0 unspecified atom stereocenters. The average molecular weight is 396 g/mol. The summed E-state index contributed by atoms with van der Waals surface area (Å²) in [5.41, 5.74) is 2.41. The minimum atomic E-state index is -0.743. The first kappa shape index (κ1) is 18.4. The Labute approximate surface area is 148 Å². The second-order valence-corrected chi connectivity index (χ2v) is 6.73. The van der Waals surface area contributed by atoms with E-state index >= 15 is 0 Å². The van der Waals surface area contributed by atoms with Gasteiger partial charge in [-0.15, -0.1) is 0 Å². The Balaban J connectivity index is 2.12. The minimum Gasteiger partial charge on any atom is -0.454 e. The van der Waals surface area contributed by atoms with Gasteiger partial charge in [0.15, 0.2) is 6.61 Å². The second-order valence-electron chi connectivity index (χ2n) is 5.87. The molecule has 0 aliphatic rings. The third-order valence-electron chi connectivity index (χ3n) is 3.78. The summed E-state index contributed by atoms with van der Waals surface area (Å²) in [5, 5.41) is 0. The first-order chi connectivity index (χ1) is 11.2. The van der Waals surface area contributed by atoms with Crippen LogP contribution in [-0.4, -0.2) is 22.9 Å². The molecule has 0 saturated heterocycles. The number of hydrogen-bond acceptors (Lipinski definition) is 3. The van der Waals surface area contributed by atoms with Gasteiger partial charge in [-0.05, 0) is 67.9 Å². The Bertz CT molecular complexity index is 796. The maximum absolute atomic E-state index is 13.2. The van der Waals surface area contributed by atoms with Crippen LogP contribution < -0.4 is 0 Å². The molecule has 0 aliphatic heterocycles. The van der Waals surface area contributed by atoms with E-state index < -0.39 is 11.8 Å². The van der Waals surface area contributed by atoms with Crippen LogP contribution in [0, 0.1) is 19.7 Å². The maximum Gasteiger partial charge on any atom is 0.339 e. The van der Waals surface area contributed by atoms with E-state index in [1.807, 2.05) is 27.7 Å². The van der Waals surface area contributed by atoms with Gasteiger partial charge in [-0.25, -0.2) is 9.18 Å². The van der Waals surface area contributed by atoms with Crippen molar-refractivity contribution in [3.05, 3.63) is 57.1 Å². The smallest absolute Gasteiger partial charge is 0.339 e. The van der Waals surface area contributed by atoms with Crippen LogP contribution in [0.15, 0.2) is 28.7 Å². The van der Waals surface area contributed by atoms with Crippen molar-refractivity contribution in [2.75, 3.05) is 6.61 Å². The van der Waals surface area contributed by atoms with E-state index in [4.69, 9.17) is 4.74 Å². The summed E-state index contributed by atoms with van der Waals surface area (Å²) in [7, 11) is 0. The molecule has 2 aromatic rings.